The first kappa shape index (κ1) is 11.6. The molecule has 1 atom stereocenters. The van der Waals surface area contributed by atoms with Crippen molar-refractivity contribution < 1.29 is 0 Å². The Bertz CT molecular complexity index is 176. The van der Waals surface area contributed by atoms with E-state index in [1.54, 1.807) is 0 Å². The second-order valence-electron chi connectivity index (χ2n) is 4.37. The van der Waals surface area contributed by atoms with Gasteiger partial charge in [-0.25, -0.2) is 0 Å². The molecule has 1 aliphatic carbocycles. The van der Waals surface area contributed by atoms with Gasteiger partial charge in [-0.3, -0.25) is 0 Å². The summed E-state index contributed by atoms with van der Waals surface area (Å²) in [5, 5.41) is 0. The molecule has 0 aromatic carbocycles. The third kappa shape index (κ3) is 5.26. The molecule has 0 nitrogen and oxygen atoms in total. The number of unbranched alkanes of at least 4 members (excludes halogenated alkanes) is 5. The van der Waals surface area contributed by atoms with E-state index in [0.717, 1.165) is 5.92 Å². The quantitative estimate of drug-likeness (QED) is 0.505. The molecule has 0 fully saturated rings. The number of hydrogen-bond acceptors (Lipinski definition) is 0. The molecule has 0 aromatic rings. The minimum atomic E-state index is 0.839. The fourth-order valence-corrected chi connectivity index (χ4v) is 2.03. The summed E-state index contributed by atoms with van der Waals surface area (Å²) in [7, 11) is 0. The van der Waals surface area contributed by atoms with E-state index in [4.69, 9.17) is 0 Å². The second-order valence-corrected chi connectivity index (χ2v) is 4.37. The van der Waals surface area contributed by atoms with E-state index in [-0.39, 0.29) is 0 Å². The van der Waals surface area contributed by atoms with Gasteiger partial charge in [-0.15, -0.1) is 0 Å². The van der Waals surface area contributed by atoms with Crippen LogP contribution in [0.3, 0.4) is 0 Å². The molecule has 0 saturated carbocycles. The zero-order chi connectivity index (χ0) is 10.1. The van der Waals surface area contributed by atoms with Crippen molar-refractivity contribution in [1.29, 1.82) is 0 Å². The van der Waals surface area contributed by atoms with Crippen LogP contribution in [0, 0.1) is 5.92 Å². The molecule has 0 heteroatoms. The SMILES string of the molecule is CCCCCCCCC1C=CC=CC1. The molecule has 0 amide bonds. The maximum Gasteiger partial charge on any atom is -0.0196 e. The number of rotatable bonds is 7. The van der Waals surface area contributed by atoms with Gasteiger partial charge >= 0.3 is 0 Å². The van der Waals surface area contributed by atoms with Crippen LogP contribution in [0.4, 0.5) is 0 Å². The Balaban J connectivity index is 1.88. The van der Waals surface area contributed by atoms with Gasteiger partial charge in [0.1, 0.15) is 0 Å². The van der Waals surface area contributed by atoms with Gasteiger partial charge in [0.15, 0.2) is 0 Å². The van der Waals surface area contributed by atoms with Crippen LogP contribution in [-0.4, -0.2) is 0 Å². The van der Waals surface area contributed by atoms with Crippen LogP contribution in [0.15, 0.2) is 24.3 Å². The lowest BCUT2D eigenvalue weighted by Crippen LogP contribution is -1.97. The highest BCUT2D eigenvalue weighted by Crippen LogP contribution is 2.19. The van der Waals surface area contributed by atoms with Crippen molar-refractivity contribution in [3.8, 4) is 0 Å². The molecule has 0 radical (unpaired) electrons. The van der Waals surface area contributed by atoms with E-state index >= 15 is 0 Å². The lowest BCUT2D eigenvalue weighted by Gasteiger charge is -2.12. The Morgan fingerprint density at radius 2 is 1.79 bits per heavy atom. The zero-order valence-corrected chi connectivity index (χ0v) is 9.54. The lowest BCUT2D eigenvalue weighted by atomic mass is 9.94. The fourth-order valence-electron chi connectivity index (χ4n) is 2.03. The summed E-state index contributed by atoms with van der Waals surface area (Å²) in [6.45, 7) is 2.28. The van der Waals surface area contributed by atoms with Crippen LogP contribution in [0.1, 0.15) is 58.3 Å². The van der Waals surface area contributed by atoms with Crippen LogP contribution >= 0.6 is 0 Å². The summed E-state index contributed by atoms with van der Waals surface area (Å²) in [4.78, 5) is 0. The fraction of sp³-hybridized carbons (Fsp3) is 0.714. The third-order valence-corrected chi connectivity index (χ3v) is 3.00. The van der Waals surface area contributed by atoms with Crippen molar-refractivity contribution in [1.82, 2.24) is 0 Å². The van der Waals surface area contributed by atoms with Crippen molar-refractivity contribution in [2.75, 3.05) is 0 Å². The Hall–Kier alpha value is -0.520. The van der Waals surface area contributed by atoms with Crippen LogP contribution in [0.2, 0.25) is 0 Å². The first-order valence-electron chi connectivity index (χ1n) is 6.27. The van der Waals surface area contributed by atoms with Gasteiger partial charge < -0.3 is 0 Å². The van der Waals surface area contributed by atoms with Gasteiger partial charge in [-0.2, -0.15) is 0 Å². The van der Waals surface area contributed by atoms with E-state index in [1.165, 1.54) is 51.4 Å². The Morgan fingerprint density at radius 1 is 1.00 bits per heavy atom. The van der Waals surface area contributed by atoms with Crippen LogP contribution < -0.4 is 0 Å². The summed E-state index contributed by atoms with van der Waals surface area (Å²) in [5.41, 5.74) is 0. The van der Waals surface area contributed by atoms with Crippen LogP contribution in [0.5, 0.6) is 0 Å². The standard InChI is InChI=1S/C14H24/c1-2-3-4-5-6-8-11-14-12-9-7-10-13-14/h7,9-10,12,14H,2-6,8,11,13H2,1H3. The van der Waals surface area contributed by atoms with Gasteiger partial charge in [0.05, 0.1) is 0 Å². The Morgan fingerprint density at radius 3 is 2.50 bits per heavy atom. The van der Waals surface area contributed by atoms with Gasteiger partial charge in [0, 0.05) is 0 Å². The minimum absolute atomic E-state index is 0.839. The highest BCUT2D eigenvalue weighted by Gasteiger charge is 2.03. The Kier molecular flexibility index (Phi) is 6.47. The molecule has 0 heterocycles. The van der Waals surface area contributed by atoms with Crippen molar-refractivity contribution in [3.63, 3.8) is 0 Å². The maximum absolute atomic E-state index is 2.37. The molecule has 80 valence electrons. The van der Waals surface area contributed by atoms with E-state index in [2.05, 4.69) is 31.2 Å². The lowest BCUT2D eigenvalue weighted by molar-refractivity contribution is 0.520. The minimum Gasteiger partial charge on any atom is -0.0840 e. The summed E-state index contributed by atoms with van der Waals surface area (Å²) in [6.07, 6.45) is 20.2. The predicted octanol–water partition coefficient (Wildman–Crippen LogP) is 4.87. The van der Waals surface area contributed by atoms with Gasteiger partial charge in [0.2, 0.25) is 0 Å². The first-order valence-corrected chi connectivity index (χ1v) is 6.27. The van der Waals surface area contributed by atoms with E-state index in [0.29, 0.717) is 0 Å². The maximum atomic E-state index is 2.37. The summed E-state index contributed by atoms with van der Waals surface area (Å²) in [5.74, 6) is 0.839. The summed E-state index contributed by atoms with van der Waals surface area (Å²) < 4.78 is 0. The molecule has 0 aliphatic heterocycles. The molecule has 0 aromatic heterocycles. The highest BCUT2D eigenvalue weighted by atomic mass is 14.1. The normalized spacial score (nSPS) is 20.2. The topological polar surface area (TPSA) is 0 Å². The van der Waals surface area contributed by atoms with Crippen molar-refractivity contribution >= 4 is 0 Å². The third-order valence-electron chi connectivity index (χ3n) is 3.00. The molecule has 1 unspecified atom stereocenters. The van der Waals surface area contributed by atoms with Gasteiger partial charge in [-0.1, -0.05) is 69.8 Å². The van der Waals surface area contributed by atoms with E-state index in [9.17, 15) is 0 Å². The molecule has 0 spiro atoms. The molecule has 14 heavy (non-hydrogen) atoms. The average Bonchev–Trinajstić information content (AvgIpc) is 2.25. The first-order chi connectivity index (χ1) is 6.93. The predicted molar refractivity (Wildman–Crippen MR) is 64.4 cm³/mol. The Labute approximate surface area is 89.1 Å². The van der Waals surface area contributed by atoms with Crippen LogP contribution in [0.25, 0.3) is 0 Å². The number of hydrogen-bond donors (Lipinski definition) is 0. The summed E-state index contributed by atoms with van der Waals surface area (Å²) in [6, 6.07) is 0. The molecule has 0 bridgehead atoms. The van der Waals surface area contributed by atoms with Gasteiger partial charge in [0.25, 0.3) is 0 Å². The number of allylic oxidation sites excluding steroid dienone is 4. The molecule has 1 aliphatic rings. The molecule has 1 rings (SSSR count). The van der Waals surface area contributed by atoms with Gasteiger partial charge in [-0.05, 0) is 18.8 Å². The smallest absolute Gasteiger partial charge is 0.0196 e. The van der Waals surface area contributed by atoms with Crippen molar-refractivity contribution in [3.05, 3.63) is 24.3 Å². The highest BCUT2D eigenvalue weighted by molar-refractivity contribution is 5.10. The molecule has 0 saturated heterocycles. The molecular weight excluding hydrogens is 168 g/mol. The molecular formula is C14H24. The van der Waals surface area contributed by atoms with E-state index in [1.807, 2.05) is 0 Å². The van der Waals surface area contributed by atoms with Crippen molar-refractivity contribution in [2.24, 2.45) is 5.92 Å². The molecule has 0 N–H and O–H groups in total. The average molecular weight is 192 g/mol. The zero-order valence-electron chi connectivity index (χ0n) is 9.54. The summed E-state index contributed by atoms with van der Waals surface area (Å²) >= 11 is 0. The second kappa shape index (κ2) is 7.84. The monoisotopic (exact) mass is 192 g/mol. The largest absolute Gasteiger partial charge is 0.0840 e. The van der Waals surface area contributed by atoms with Crippen LogP contribution in [-0.2, 0) is 0 Å². The van der Waals surface area contributed by atoms with E-state index < -0.39 is 0 Å². The van der Waals surface area contributed by atoms with Crippen molar-refractivity contribution in [2.45, 2.75) is 58.3 Å².